The van der Waals surface area contributed by atoms with E-state index in [4.69, 9.17) is 15.6 Å². The summed E-state index contributed by atoms with van der Waals surface area (Å²) in [4.78, 5) is 0. The lowest BCUT2D eigenvalue weighted by atomic mass is 9.97. The van der Waals surface area contributed by atoms with Gasteiger partial charge < -0.3 is 20.7 Å². The van der Waals surface area contributed by atoms with Gasteiger partial charge in [0.25, 0.3) is 0 Å². The van der Waals surface area contributed by atoms with Crippen molar-refractivity contribution in [3.05, 3.63) is 29.3 Å². The Morgan fingerprint density at radius 1 is 1.47 bits per heavy atom. The molecule has 0 spiro atoms. The van der Waals surface area contributed by atoms with Gasteiger partial charge in [0, 0.05) is 12.0 Å². The summed E-state index contributed by atoms with van der Waals surface area (Å²) in [5, 5.41) is 19.1. The number of aliphatic hydroxyl groups excluding tert-OH is 2. The first-order chi connectivity index (χ1) is 7.94. The Bertz CT molecular complexity index is 417. The largest absolute Gasteiger partial charge is 0.487 e. The molecule has 1 heterocycles. The van der Waals surface area contributed by atoms with Crippen molar-refractivity contribution >= 4 is 0 Å². The van der Waals surface area contributed by atoms with Crippen LogP contribution < -0.4 is 10.5 Å². The van der Waals surface area contributed by atoms with Crippen molar-refractivity contribution in [2.24, 2.45) is 5.73 Å². The van der Waals surface area contributed by atoms with Crippen LogP contribution in [0.4, 0.5) is 0 Å². The quantitative estimate of drug-likeness (QED) is 0.725. The number of nitrogens with two attached hydrogens (primary N) is 1. The molecule has 1 aromatic carbocycles. The molecule has 17 heavy (non-hydrogen) atoms. The van der Waals surface area contributed by atoms with Gasteiger partial charge in [0.05, 0.1) is 18.8 Å². The number of fused-ring (bicyclic) bond motifs is 1. The lowest BCUT2D eigenvalue weighted by Crippen LogP contribution is -2.32. The lowest BCUT2D eigenvalue weighted by molar-refractivity contribution is 0.0974. The van der Waals surface area contributed by atoms with Gasteiger partial charge in [-0.25, -0.2) is 0 Å². The minimum absolute atomic E-state index is 0.249. The van der Waals surface area contributed by atoms with E-state index in [0.29, 0.717) is 11.3 Å². The molecule has 2 atom stereocenters. The third-order valence-electron chi connectivity index (χ3n) is 3.06. The van der Waals surface area contributed by atoms with E-state index in [-0.39, 0.29) is 12.2 Å². The normalized spacial score (nSPS) is 20.5. The number of ether oxygens (including phenoxy) is 1. The summed E-state index contributed by atoms with van der Waals surface area (Å²) in [7, 11) is 0. The van der Waals surface area contributed by atoms with E-state index in [9.17, 15) is 5.11 Å². The van der Waals surface area contributed by atoms with Crippen LogP contribution >= 0.6 is 0 Å². The molecule has 2 unspecified atom stereocenters. The zero-order valence-corrected chi connectivity index (χ0v) is 10.2. The maximum Gasteiger partial charge on any atom is 0.129 e. The fraction of sp³-hybridized carbons (Fsp3) is 0.538. The Labute approximate surface area is 101 Å². The summed E-state index contributed by atoms with van der Waals surface area (Å²) >= 11 is 0. The first kappa shape index (κ1) is 12.4. The molecule has 1 aliphatic rings. The molecule has 4 nitrogen and oxygen atoms in total. The highest BCUT2D eigenvalue weighted by Gasteiger charge is 2.33. The van der Waals surface area contributed by atoms with Crippen LogP contribution in [0.1, 0.15) is 31.1 Å². The van der Waals surface area contributed by atoms with Crippen LogP contribution in [0.25, 0.3) is 0 Å². The minimum atomic E-state index is -0.899. The second kappa shape index (κ2) is 4.29. The van der Waals surface area contributed by atoms with E-state index in [1.807, 2.05) is 26.0 Å². The average Bonchev–Trinajstić information content (AvgIpc) is 2.60. The predicted octanol–water partition coefficient (Wildman–Crippen LogP) is 0.753. The number of benzene rings is 1. The molecule has 1 aromatic rings. The highest BCUT2D eigenvalue weighted by molar-refractivity contribution is 5.47. The summed E-state index contributed by atoms with van der Waals surface area (Å²) in [5.74, 6) is 0.717. The number of para-hydroxylation sites is 1. The monoisotopic (exact) mass is 237 g/mol. The number of rotatable bonds is 3. The molecule has 4 heteroatoms. The van der Waals surface area contributed by atoms with Crippen molar-refractivity contribution in [1.82, 2.24) is 0 Å². The zero-order chi connectivity index (χ0) is 12.6. The second-order valence-corrected chi connectivity index (χ2v) is 5.17. The van der Waals surface area contributed by atoms with Crippen LogP contribution in [0.2, 0.25) is 0 Å². The molecule has 0 aromatic heterocycles. The third-order valence-corrected chi connectivity index (χ3v) is 3.06. The third kappa shape index (κ3) is 2.29. The van der Waals surface area contributed by atoms with Crippen LogP contribution in [0.3, 0.4) is 0 Å². The standard InChI is InChI=1S/C13H19NO3/c1-13(2)6-8-4-3-5-9(12(8)17-13)11(16)10(14)7-15/h3-5,10-11,15-16H,6-7,14H2,1-2H3. The molecule has 0 radical (unpaired) electrons. The van der Waals surface area contributed by atoms with Crippen LogP contribution in [0.15, 0.2) is 18.2 Å². The van der Waals surface area contributed by atoms with Gasteiger partial charge >= 0.3 is 0 Å². The van der Waals surface area contributed by atoms with Gasteiger partial charge in [-0.05, 0) is 19.4 Å². The van der Waals surface area contributed by atoms with E-state index in [1.165, 1.54) is 0 Å². The Kier molecular flexibility index (Phi) is 3.12. The van der Waals surface area contributed by atoms with Crippen LogP contribution in [0, 0.1) is 0 Å². The minimum Gasteiger partial charge on any atom is -0.487 e. The molecule has 0 amide bonds. The average molecular weight is 237 g/mol. The van der Waals surface area contributed by atoms with E-state index >= 15 is 0 Å². The summed E-state index contributed by atoms with van der Waals surface area (Å²) in [6.07, 6.45) is -0.0825. The summed E-state index contributed by atoms with van der Waals surface area (Å²) in [5.41, 5.74) is 7.15. The molecular weight excluding hydrogens is 218 g/mol. The Balaban J connectivity index is 2.36. The molecule has 0 saturated carbocycles. The second-order valence-electron chi connectivity index (χ2n) is 5.17. The van der Waals surface area contributed by atoms with Crippen LogP contribution in [-0.2, 0) is 6.42 Å². The zero-order valence-electron chi connectivity index (χ0n) is 10.2. The first-order valence-corrected chi connectivity index (χ1v) is 5.80. The lowest BCUT2D eigenvalue weighted by Gasteiger charge is -2.22. The SMILES string of the molecule is CC1(C)Cc2cccc(C(O)C(N)CO)c2O1. The highest BCUT2D eigenvalue weighted by atomic mass is 16.5. The highest BCUT2D eigenvalue weighted by Crippen LogP contribution is 2.40. The maximum atomic E-state index is 10.1. The fourth-order valence-electron chi connectivity index (χ4n) is 2.20. The molecule has 4 N–H and O–H groups in total. The van der Waals surface area contributed by atoms with Gasteiger partial charge in [-0.2, -0.15) is 0 Å². The van der Waals surface area contributed by atoms with Crippen LogP contribution in [0.5, 0.6) is 5.75 Å². The van der Waals surface area contributed by atoms with Crippen molar-refractivity contribution in [2.75, 3.05) is 6.61 Å². The summed E-state index contributed by atoms with van der Waals surface area (Å²) in [6, 6.07) is 4.98. The molecule has 0 fully saturated rings. The Morgan fingerprint density at radius 3 is 2.82 bits per heavy atom. The molecule has 0 aliphatic carbocycles. The van der Waals surface area contributed by atoms with Crippen molar-refractivity contribution in [1.29, 1.82) is 0 Å². The first-order valence-electron chi connectivity index (χ1n) is 5.80. The molecule has 94 valence electrons. The van der Waals surface area contributed by atoms with Crippen LogP contribution in [-0.4, -0.2) is 28.5 Å². The number of aliphatic hydroxyl groups is 2. The van der Waals surface area contributed by atoms with Crippen molar-refractivity contribution in [2.45, 2.75) is 38.0 Å². The number of hydrogen-bond acceptors (Lipinski definition) is 4. The van der Waals surface area contributed by atoms with E-state index in [1.54, 1.807) is 6.07 Å². The molecule has 1 aliphatic heterocycles. The molecule has 0 bridgehead atoms. The molecule has 2 rings (SSSR count). The van der Waals surface area contributed by atoms with Crippen molar-refractivity contribution < 1.29 is 14.9 Å². The topological polar surface area (TPSA) is 75.7 Å². The predicted molar refractivity (Wildman–Crippen MR) is 64.9 cm³/mol. The number of hydrogen-bond donors (Lipinski definition) is 3. The van der Waals surface area contributed by atoms with Gasteiger partial charge in [0.2, 0.25) is 0 Å². The maximum absolute atomic E-state index is 10.1. The van der Waals surface area contributed by atoms with Gasteiger partial charge in [-0.15, -0.1) is 0 Å². The van der Waals surface area contributed by atoms with Gasteiger partial charge in [-0.3, -0.25) is 0 Å². The van der Waals surface area contributed by atoms with Crippen molar-refractivity contribution in [3.63, 3.8) is 0 Å². The van der Waals surface area contributed by atoms with Crippen molar-refractivity contribution in [3.8, 4) is 5.75 Å². The van der Waals surface area contributed by atoms with Gasteiger partial charge in [0.15, 0.2) is 0 Å². The Hall–Kier alpha value is -1.10. The van der Waals surface area contributed by atoms with Gasteiger partial charge in [0.1, 0.15) is 11.4 Å². The van der Waals surface area contributed by atoms with E-state index < -0.39 is 12.1 Å². The fourth-order valence-corrected chi connectivity index (χ4v) is 2.20. The van der Waals surface area contributed by atoms with E-state index in [2.05, 4.69) is 0 Å². The smallest absolute Gasteiger partial charge is 0.129 e. The molecular formula is C13H19NO3. The Morgan fingerprint density at radius 2 is 2.18 bits per heavy atom. The van der Waals surface area contributed by atoms with Gasteiger partial charge in [-0.1, -0.05) is 18.2 Å². The molecule has 0 saturated heterocycles. The van der Waals surface area contributed by atoms with E-state index in [0.717, 1.165) is 12.0 Å². The summed E-state index contributed by atoms with van der Waals surface area (Å²) in [6.45, 7) is 3.76. The summed E-state index contributed by atoms with van der Waals surface area (Å²) < 4.78 is 5.84.